The first-order chi connectivity index (χ1) is 15.2. The van der Waals surface area contributed by atoms with Crippen LogP contribution >= 0.6 is 0 Å². The van der Waals surface area contributed by atoms with Crippen LogP contribution in [-0.2, 0) is 20.8 Å². The maximum atomic E-state index is 12.7. The molecule has 2 saturated heterocycles. The van der Waals surface area contributed by atoms with Crippen molar-refractivity contribution < 1.29 is 23.8 Å². The van der Waals surface area contributed by atoms with E-state index in [1.165, 1.54) is 0 Å². The maximum absolute atomic E-state index is 12.7. The summed E-state index contributed by atoms with van der Waals surface area (Å²) in [6.45, 7) is 8.02. The zero-order valence-corrected chi connectivity index (χ0v) is 19.5. The van der Waals surface area contributed by atoms with Crippen molar-refractivity contribution in [1.29, 1.82) is 0 Å². The molecule has 8 heteroatoms. The van der Waals surface area contributed by atoms with Crippen LogP contribution in [0.2, 0.25) is 0 Å². The second-order valence-corrected chi connectivity index (χ2v) is 9.61. The topological polar surface area (TPSA) is 94.3 Å². The van der Waals surface area contributed by atoms with Gasteiger partial charge in [0.25, 0.3) is 0 Å². The van der Waals surface area contributed by atoms with Crippen LogP contribution in [0.25, 0.3) is 0 Å². The molecule has 2 fully saturated rings. The Labute approximate surface area is 191 Å². The van der Waals surface area contributed by atoms with Crippen LogP contribution < -0.4 is 5.73 Å². The fourth-order valence-corrected chi connectivity index (χ4v) is 4.10. The average Bonchev–Trinajstić information content (AvgIpc) is 2.76. The molecule has 0 aromatic heterocycles. The summed E-state index contributed by atoms with van der Waals surface area (Å²) in [7, 11) is 0. The fraction of sp³-hybridized carbons (Fsp3) is 0.667. The van der Waals surface area contributed by atoms with Gasteiger partial charge in [-0.15, -0.1) is 0 Å². The average molecular weight is 448 g/mol. The van der Waals surface area contributed by atoms with E-state index in [0.717, 1.165) is 31.2 Å². The third kappa shape index (κ3) is 7.10. The summed E-state index contributed by atoms with van der Waals surface area (Å²) in [5, 5.41) is 0. The minimum atomic E-state index is -0.500. The minimum Gasteiger partial charge on any atom is -0.445 e. The van der Waals surface area contributed by atoms with Gasteiger partial charge < -0.3 is 29.7 Å². The van der Waals surface area contributed by atoms with Gasteiger partial charge in [0.15, 0.2) is 0 Å². The van der Waals surface area contributed by atoms with E-state index >= 15 is 0 Å². The van der Waals surface area contributed by atoms with Crippen molar-refractivity contribution >= 4 is 12.2 Å². The molecular formula is C24H37N3O5. The predicted octanol–water partition coefficient (Wildman–Crippen LogP) is 3.53. The molecule has 0 aliphatic carbocycles. The number of rotatable bonds is 5. The zero-order valence-electron chi connectivity index (χ0n) is 19.5. The maximum Gasteiger partial charge on any atom is 0.410 e. The van der Waals surface area contributed by atoms with Crippen molar-refractivity contribution in [2.24, 2.45) is 5.73 Å². The summed E-state index contributed by atoms with van der Waals surface area (Å²) < 4.78 is 17.1. The molecule has 0 unspecified atom stereocenters. The fourth-order valence-electron chi connectivity index (χ4n) is 4.10. The number of nitrogens with two attached hydrogens (primary N) is 1. The van der Waals surface area contributed by atoms with E-state index in [1.807, 2.05) is 51.1 Å². The minimum absolute atomic E-state index is 0.0324. The molecule has 1 aromatic rings. The van der Waals surface area contributed by atoms with E-state index in [9.17, 15) is 9.59 Å². The van der Waals surface area contributed by atoms with Crippen molar-refractivity contribution in [2.75, 3.05) is 26.2 Å². The van der Waals surface area contributed by atoms with Crippen LogP contribution in [0.15, 0.2) is 30.3 Å². The number of piperidine rings is 2. The summed E-state index contributed by atoms with van der Waals surface area (Å²) in [4.78, 5) is 28.4. The first kappa shape index (κ1) is 24.3. The van der Waals surface area contributed by atoms with Crippen LogP contribution in [0.3, 0.4) is 0 Å². The Bertz CT molecular complexity index is 744. The second-order valence-electron chi connectivity index (χ2n) is 9.61. The van der Waals surface area contributed by atoms with Crippen LogP contribution in [0.4, 0.5) is 9.59 Å². The van der Waals surface area contributed by atoms with Gasteiger partial charge in [-0.25, -0.2) is 9.59 Å². The molecule has 32 heavy (non-hydrogen) atoms. The Morgan fingerprint density at radius 1 is 1.03 bits per heavy atom. The quantitative estimate of drug-likeness (QED) is 0.742. The van der Waals surface area contributed by atoms with Gasteiger partial charge in [0.05, 0.1) is 18.8 Å². The summed E-state index contributed by atoms with van der Waals surface area (Å²) in [6, 6.07) is 9.28. The van der Waals surface area contributed by atoms with E-state index in [-0.39, 0.29) is 37.0 Å². The van der Waals surface area contributed by atoms with Gasteiger partial charge >= 0.3 is 12.2 Å². The van der Waals surface area contributed by atoms with Crippen LogP contribution in [-0.4, -0.2) is 72.0 Å². The summed E-state index contributed by atoms with van der Waals surface area (Å²) in [6.07, 6.45) is 2.58. The number of hydrogen-bond acceptors (Lipinski definition) is 6. The van der Waals surface area contributed by atoms with Crippen molar-refractivity contribution in [2.45, 2.75) is 76.9 Å². The third-order valence-corrected chi connectivity index (χ3v) is 5.87. The molecule has 0 bridgehead atoms. The van der Waals surface area contributed by atoms with Crippen molar-refractivity contribution in [1.82, 2.24) is 9.80 Å². The number of nitrogens with zero attached hydrogens (tertiary/aromatic N) is 2. The van der Waals surface area contributed by atoms with E-state index in [0.29, 0.717) is 26.2 Å². The zero-order chi connectivity index (χ0) is 23.1. The Kier molecular flexibility index (Phi) is 8.37. The molecule has 2 atom stereocenters. The number of likely N-dealkylation sites (tertiary alicyclic amines) is 2. The lowest BCUT2D eigenvalue weighted by Crippen LogP contribution is -2.57. The third-order valence-electron chi connectivity index (χ3n) is 5.87. The Morgan fingerprint density at radius 2 is 1.72 bits per heavy atom. The highest BCUT2D eigenvalue weighted by molar-refractivity contribution is 5.68. The Balaban J connectivity index is 1.47. The molecule has 2 amide bonds. The molecule has 1 aromatic carbocycles. The van der Waals surface area contributed by atoms with Gasteiger partial charge in [-0.2, -0.15) is 0 Å². The van der Waals surface area contributed by atoms with Crippen LogP contribution in [0.5, 0.6) is 0 Å². The largest absolute Gasteiger partial charge is 0.445 e. The Hall–Kier alpha value is -2.32. The lowest BCUT2D eigenvalue weighted by atomic mass is 9.98. The smallest absolute Gasteiger partial charge is 0.410 e. The highest BCUT2D eigenvalue weighted by atomic mass is 16.6. The van der Waals surface area contributed by atoms with E-state index < -0.39 is 5.60 Å². The van der Waals surface area contributed by atoms with E-state index in [2.05, 4.69) is 0 Å². The molecule has 8 nitrogen and oxygen atoms in total. The number of carbonyl (C=O) groups excluding carboxylic acids is 2. The molecular weight excluding hydrogens is 410 g/mol. The SMILES string of the molecule is CC(C)(C)OC(=O)N1CCC(OC[C@H]2[C@@H](N)CCCN2C(=O)OCc2ccccc2)CC1. The number of hydrogen-bond donors (Lipinski definition) is 1. The highest BCUT2D eigenvalue weighted by Crippen LogP contribution is 2.22. The van der Waals surface area contributed by atoms with Gasteiger partial charge in [0, 0.05) is 25.7 Å². The molecule has 2 N–H and O–H groups in total. The van der Waals surface area contributed by atoms with Crippen molar-refractivity contribution in [3.63, 3.8) is 0 Å². The van der Waals surface area contributed by atoms with Gasteiger partial charge in [0.2, 0.25) is 0 Å². The van der Waals surface area contributed by atoms with E-state index in [1.54, 1.807) is 9.80 Å². The van der Waals surface area contributed by atoms with Crippen molar-refractivity contribution in [3.05, 3.63) is 35.9 Å². The van der Waals surface area contributed by atoms with Crippen LogP contribution in [0.1, 0.15) is 52.0 Å². The highest BCUT2D eigenvalue weighted by Gasteiger charge is 2.35. The van der Waals surface area contributed by atoms with Gasteiger partial charge in [-0.1, -0.05) is 30.3 Å². The first-order valence-corrected chi connectivity index (χ1v) is 11.6. The molecule has 2 heterocycles. The lowest BCUT2D eigenvalue weighted by Gasteiger charge is -2.40. The first-order valence-electron chi connectivity index (χ1n) is 11.6. The summed E-state index contributed by atoms with van der Waals surface area (Å²) in [5.41, 5.74) is 6.80. The molecule has 0 spiro atoms. The van der Waals surface area contributed by atoms with Gasteiger partial charge in [-0.3, -0.25) is 0 Å². The number of ether oxygens (including phenoxy) is 3. The summed E-state index contributed by atoms with van der Waals surface area (Å²) in [5.74, 6) is 0. The molecule has 3 rings (SSSR count). The standard InChI is InChI=1S/C24H37N3O5/c1-24(2,3)32-22(28)26-14-11-19(12-15-26)30-17-21-20(25)10-7-13-27(21)23(29)31-16-18-8-5-4-6-9-18/h4-6,8-9,19-21H,7,10-17,25H2,1-3H3/t20-,21-/m0/s1. The number of carbonyl (C=O) groups is 2. The molecule has 2 aliphatic heterocycles. The van der Waals surface area contributed by atoms with E-state index in [4.69, 9.17) is 19.9 Å². The summed E-state index contributed by atoms with van der Waals surface area (Å²) >= 11 is 0. The van der Waals surface area contributed by atoms with Gasteiger partial charge in [-0.05, 0) is 52.0 Å². The molecule has 0 saturated carbocycles. The molecule has 178 valence electrons. The Morgan fingerprint density at radius 3 is 2.38 bits per heavy atom. The monoisotopic (exact) mass is 447 g/mol. The lowest BCUT2D eigenvalue weighted by molar-refractivity contribution is -0.0381. The number of amides is 2. The van der Waals surface area contributed by atoms with Crippen molar-refractivity contribution in [3.8, 4) is 0 Å². The van der Waals surface area contributed by atoms with Crippen LogP contribution in [0, 0.1) is 0 Å². The predicted molar refractivity (Wildman–Crippen MR) is 121 cm³/mol. The second kappa shape index (κ2) is 11.0. The number of benzene rings is 1. The normalized spacial score (nSPS) is 22.5. The molecule has 2 aliphatic rings. The van der Waals surface area contributed by atoms with Gasteiger partial charge in [0.1, 0.15) is 12.2 Å². The molecule has 0 radical (unpaired) electrons.